The van der Waals surface area contributed by atoms with E-state index in [2.05, 4.69) is 31.2 Å². The van der Waals surface area contributed by atoms with Crippen LogP contribution in [-0.4, -0.2) is 19.8 Å². The summed E-state index contributed by atoms with van der Waals surface area (Å²) in [5.41, 5.74) is 8.39. The highest BCUT2D eigenvalue weighted by molar-refractivity contribution is 5.25. The summed E-state index contributed by atoms with van der Waals surface area (Å²) >= 11 is 0. The van der Waals surface area contributed by atoms with Crippen molar-refractivity contribution in [3.8, 4) is 0 Å². The lowest BCUT2D eigenvalue weighted by atomic mass is 9.95. The van der Waals surface area contributed by atoms with E-state index < -0.39 is 0 Å². The zero-order valence-corrected chi connectivity index (χ0v) is 9.28. The van der Waals surface area contributed by atoms with Crippen molar-refractivity contribution >= 4 is 0 Å². The molecular weight excluding hydrogens is 186 g/mol. The Bertz CT molecular complexity index is 303. The van der Waals surface area contributed by atoms with Crippen molar-refractivity contribution in [1.82, 2.24) is 0 Å². The van der Waals surface area contributed by atoms with Gasteiger partial charge in [0.05, 0.1) is 13.2 Å². The molecule has 1 saturated heterocycles. The van der Waals surface area contributed by atoms with Gasteiger partial charge in [-0.1, -0.05) is 31.2 Å². The van der Waals surface area contributed by atoms with E-state index in [-0.39, 0.29) is 0 Å². The van der Waals surface area contributed by atoms with Crippen molar-refractivity contribution in [3.63, 3.8) is 0 Å². The second-order valence-corrected chi connectivity index (χ2v) is 4.49. The maximum Gasteiger partial charge on any atom is 0.0519 e. The third kappa shape index (κ3) is 2.58. The van der Waals surface area contributed by atoms with Crippen LogP contribution in [0.3, 0.4) is 0 Å². The second kappa shape index (κ2) is 4.77. The smallest absolute Gasteiger partial charge is 0.0519 e. The van der Waals surface area contributed by atoms with E-state index in [9.17, 15) is 0 Å². The Labute approximate surface area is 91.4 Å². The SMILES string of the molecule is CC(CN)c1ccc(CC2COC2)cc1. The summed E-state index contributed by atoms with van der Waals surface area (Å²) in [7, 11) is 0. The summed E-state index contributed by atoms with van der Waals surface area (Å²) in [5, 5.41) is 0. The molecule has 1 aromatic rings. The fraction of sp³-hybridized carbons (Fsp3) is 0.538. The van der Waals surface area contributed by atoms with E-state index in [1.165, 1.54) is 11.1 Å². The van der Waals surface area contributed by atoms with Gasteiger partial charge in [0.2, 0.25) is 0 Å². The molecule has 0 spiro atoms. The van der Waals surface area contributed by atoms with Gasteiger partial charge in [-0.05, 0) is 30.0 Å². The van der Waals surface area contributed by atoms with Gasteiger partial charge in [-0.15, -0.1) is 0 Å². The highest BCUT2D eigenvalue weighted by Crippen LogP contribution is 2.19. The van der Waals surface area contributed by atoms with E-state index in [4.69, 9.17) is 10.5 Å². The van der Waals surface area contributed by atoms with Gasteiger partial charge in [-0.2, -0.15) is 0 Å². The number of rotatable bonds is 4. The molecule has 0 saturated carbocycles. The molecule has 0 aromatic heterocycles. The third-order valence-corrected chi connectivity index (χ3v) is 3.13. The first kappa shape index (κ1) is 10.7. The summed E-state index contributed by atoms with van der Waals surface area (Å²) < 4.78 is 5.17. The molecule has 0 aliphatic carbocycles. The molecule has 2 rings (SSSR count). The van der Waals surface area contributed by atoms with Crippen LogP contribution in [0.5, 0.6) is 0 Å². The van der Waals surface area contributed by atoms with Crippen LogP contribution < -0.4 is 5.73 Å². The highest BCUT2D eigenvalue weighted by atomic mass is 16.5. The Morgan fingerprint density at radius 1 is 1.33 bits per heavy atom. The minimum atomic E-state index is 0.464. The second-order valence-electron chi connectivity index (χ2n) is 4.49. The molecule has 1 aliphatic heterocycles. The fourth-order valence-corrected chi connectivity index (χ4v) is 1.85. The van der Waals surface area contributed by atoms with Gasteiger partial charge in [-0.3, -0.25) is 0 Å². The lowest BCUT2D eigenvalue weighted by Crippen LogP contribution is -2.29. The molecule has 0 bridgehead atoms. The topological polar surface area (TPSA) is 35.2 Å². The molecule has 2 heteroatoms. The van der Waals surface area contributed by atoms with Crippen LogP contribution in [0.1, 0.15) is 24.0 Å². The van der Waals surface area contributed by atoms with Crippen molar-refractivity contribution in [2.24, 2.45) is 11.7 Å². The van der Waals surface area contributed by atoms with Gasteiger partial charge in [0.25, 0.3) is 0 Å². The van der Waals surface area contributed by atoms with Gasteiger partial charge >= 0.3 is 0 Å². The molecule has 1 atom stereocenters. The fourth-order valence-electron chi connectivity index (χ4n) is 1.85. The molecule has 1 aliphatic rings. The van der Waals surface area contributed by atoms with Crippen LogP contribution >= 0.6 is 0 Å². The van der Waals surface area contributed by atoms with Gasteiger partial charge < -0.3 is 10.5 Å². The van der Waals surface area contributed by atoms with Crippen LogP contribution in [0, 0.1) is 5.92 Å². The Kier molecular flexibility index (Phi) is 3.39. The van der Waals surface area contributed by atoms with Crippen molar-refractivity contribution in [1.29, 1.82) is 0 Å². The van der Waals surface area contributed by atoms with Crippen molar-refractivity contribution in [2.75, 3.05) is 19.8 Å². The predicted molar refractivity (Wildman–Crippen MR) is 61.9 cm³/mol. The maximum absolute atomic E-state index is 5.64. The molecule has 1 aromatic carbocycles. The van der Waals surface area contributed by atoms with E-state index in [1.807, 2.05) is 0 Å². The molecule has 1 unspecified atom stereocenters. The zero-order valence-electron chi connectivity index (χ0n) is 9.28. The number of nitrogens with two attached hydrogens (primary N) is 1. The largest absolute Gasteiger partial charge is 0.381 e. The number of ether oxygens (including phenoxy) is 1. The zero-order chi connectivity index (χ0) is 10.7. The van der Waals surface area contributed by atoms with Crippen LogP contribution in [0.2, 0.25) is 0 Å². The Balaban J connectivity index is 1.96. The van der Waals surface area contributed by atoms with E-state index in [0.717, 1.165) is 32.1 Å². The first-order valence-corrected chi connectivity index (χ1v) is 5.66. The van der Waals surface area contributed by atoms with E-state index in [1.54, 1.807) is 0 Å². The molecule has 82 valence electrons. The average Bonchev–Trinajstić information content (AvgIpc) is 2.23. The normalized spacial score (nSPS) is 18.5. The minimum absolute atomic E-state index is 0.464. The van der Waals surface area contributed by atoms with E-state index in [0.29, 0.717) is 5.92 Å². The van der Waals surface area contributed by atoms with Gasteiger partial charge in [0, 0.05) is 5.92 Å². The Hall–Kier alpha value is -0.860. The Morgan fingerprint density at radius 3 is 2.47 bits per heavy atom. The predicted octanol–water partition coefficient (Wildman–Crippen LogP) is 1.94. The first-order valence-electron chi connectivity index (χ1n) is 5.66. The summed E-state index contributed by atoms with van der Waals surface area (Å²) in [6.45, 7) is 4.74. The third-order valence-electron chi connectivity index (χ3n) is 3.13. The minimum Gasteiger partial charge on any atom is -0.381 e. The molecule has 2 nitrogen and oxygen atoms in total. The molecule has 0 amide bonds. The van der Waals surface area contributed by atoms with Gasteiger partial charge in [0.15, 0.2) is 0 Å². The Morgan fingerprint density at radius 2 is 2.00 bits per heavy atom. The lowest BCUT2D eigenvalue weighted by molar-refractivity contribution is -0.0312. The molecule has 2 N–H and O–H groups in total. The summed E-state index contributed by atoms with van der Waals surface area (Å²) in [5.74, 6) is 1.20. The average molecular weight is 205 g/mol. The lowest BCUT2D eigenvalue weighted by Gasteiger charge is -2.26. The van der Waals surface area contributed by atoms with Gasteiger partial charge in [-0.25, -0.2) is 0 Å². The number of hydrogen-bond donors (Lipinski definition) is 1. The maximum atomic E-state index is 5.64. The summed E-state index contributed by atoms with van der Waals surface area (Å²) in [6.07, 6.45) is 1.15. The van der Waals surface area contributed by atoms with Crippen LogP contribution in [0.15, 0.2) is 24.3 Å². The van der Waals surface area contributed by atoms with E-state index >= 15 is 0 Å². The van der Waals surface area contributed by atoms with Crippen LogP contribution in [0.25, 0.3) is 0 Å². The highest BCUT2D eigenvalue weighted by Gasteiger charge is 2.18. The quantitative estimate of drug-likeness (QED) is 0.815. The summed E-state index contributed by atoms with van der Waals surface area (Å²) in [6, 6.07) is 8.85. The molecule has 1 heterocycles. The molecular formula is C13H19NO. The van der Waals surface area contributed by atoms with Crippen LogP contribution in [-0.2, 0) is 11.2 Å². The van der Waals surface area contributed by atoms with Gasteiger partial charge in [0.1, 0.15) is 0 Å². The monoisotopic (exact) mass is 205 g/mol. The molecule has 1 fully saturated rings. The summed E-state index contributed by atoms with van der Waals surface area (Å²) in [4.78, 5) is 0. The first-order chi connectivity index (χ1) is 7.29. The number of hydrogen-bond acceptors (Lipinski definition) is 2. The van der Waals surface area contributed by atoms with Crippen molar-refractivity contribution in [2.45, 2.75) is 19.3 Å². The molecule has 15 heavy (non-hydrogen) atoms. The van der Waals surface area contributed by atoms with Crippen molar-refractivity contribution < 1.29 is 4.74 Å². The standard InChI is InChI=1S/C13H19NO/c1-10(7-14)13-4-2-11(3-5-13)6-12-8-15-9-12/h2-5,10,12H,6-9,14H2,1H3. The molecule has 0 radical (unpaired) electrons. The number of benzene rings is 1. The van der Waals surface area contributed by atoms with Crippen LogP contribution in [0.4, 0.5) is 0 Å². The van der Waals surface area contributed by atoms with Crippen molar-refractivity contribution in [3.05, 3.63) is 35.4 Å².